The fraction of sp³-hybridized carbons (Fsp3) is 0.727. The Bertz CT molecular complexity index is 229. The Kier molecular flexibility index (Phi) is 1.82. The third-order valence-electron chi connectivity index (χ3n) is 3.47. The van der Waals surface area contributed by atoms with Crippen molar-refractivity contribution in [1.82, 2.24) is 0 Å². The highest BCUT2D eigenvalue weighted by Crippen LogP contribution is 2.55. The summed E-state index contributed by atoms with van der Waals surface area (Å²) < 4.78 is 0. The molecule has 0 aromatic carbocycles. The molecule has 66 valence electrons. The summed E-state index contributed by atoms with van der Waals surface area (Å²) in [5, 5.41) is 0. The standard InChI is InChI=1S/C11H16O/c1-2-3-6-11-7-4-5-9(11)8-10(11)12/h3,6,9H,2,4-5,7-8H2,1H3/b6-3+. The molecule has 2 atom stereocenters. The summed E-state index contributed by atoms with van der Waals surface area (Å²) in [6.45, 7) is 2.13. The van der Waals surface area contributed by atoms with Gasteiger partial charge in [0, 0.05) is 6.42 Å². The minimum atomic E-state index is 0.0238. The van der Waals surface area contributed by atoms with E-state index in [-0.39, 0.29) is 5.41 Å². The van der Waals surface area contributed by atoms with Gasteiger partial charge in [0.25, 0.3) is 0 Å². The van der Waals surface area contributed by atoms with Crippen LogP contribution in [0.25, 0.3) is 0 Å². The predicted molar refractivity (Wildman–Crippen MR) is 48.8 cm³/mol. The van der Waals surface area contributed by atoms with Crippen LogP contribution >= 0.6 is 0 Å². The van der Waals surface area contributed by atoms with Crippen molar-refractivity contribution in [1.29, 1.82) is 0 Å². The Balaban J connectivity index is 2.16. The van der Waals surface area contributed by atoms with Gasteiger partial charge in [0.05, 0.1) is 5.41 Å². The third-order valence-corrected chi connectivity index (χ3v) is 3.47. The van der Waals surface area contributed by atoms with Crippen molar-refractivity contribution in [2.24, 2.45) is 11.3 Å². The van der Waals surface area contributed by atoms with E-state index in [2.05, 4.69) is 19.1 Å². The average Bonchev–Trinajstić information content (AvgIpc) is 2.39. The van der Waals surface area contributed by atoms with Crippen LogP contribution in [-0.4, -0.2) is 5.78 Å². The molecule has 0 amide bonds. The number of fused-ring (bicyclic) bond motifs is 1. The number of carbonyl (C=O) groups is 1. The maximum Gasteiger partial charge on any atom is 0.143 e. The number of rotatable bonds is 2. The lowest BCUT2D eigenvalue weighted by molar-refractivity contribution is -0.138. The van der Waals surface area contributed by atoms with E-state index in [0.717, 1.165) is 19.3 Å². The first-order chi connectivity index (χ1) is 5.79. The van der Waals surface area contributed by atoms with Crippen LogP contribution in [0.4, 0.5) is 0 Å². The Morgan fingerprint density at radius 3 is 3.08 bits per heavy atom. The zero-order chi connectivity index (χ0) is 8.60. The Morgan fingerprint density at radius 2 is 2.50 bits per heavy atom. The van der Waals surface area contributed by atoms with Gasteiger partial charge in [0.2, 0.25) is 0 Å². The summed E-state index contributed by atoms with van der Waals surface area (Å²) >= 11 is 0. The highest BCUT2D eigenvalue weighted by atomic mass is 16.1. The molecule has 0 bridgehead atoms. The molecule has 2 unspecified atom stereocenters. The van der Waals surface area contributed by atoms with Gasteiger partial charge in [-0.3, -0.25) is 4.79 Å². The van der Waals surface area contributed by atoms with Crippen molar-refractivity contribution in [3.05, 3.63) is 12.2 Å². The van der Waals surface area contributed by atoms with Gasteiger partial charge in [0.15, 0.2) is 0 Å². The van der Waals surface area contributed by atoms with Gasteiger partial charge in [0.1, 0.15) is 5.78 Å². The minimum absolute atomic E-state index is 0.0238. The first kappa shape index (κ1) is 8.03. The molecule has 0 spiro atoms. The molecule has 2 aliphatic rings. The molecule has 0 N–H and O–H groups in total. The van der Waals surface area contributed by atoms with E-state index >= 15 is 0 Å². The second-order valence-corrected chi connectivity index (χ2v) is 4.07. The summed E-state index contributed by atoms with van der Waals surface area (Å²) in [5.41, 5.74) is 0.0238. The molecule has 0 aliphatic heterocycles. The van der Waals surface area contributed by atoms with Gasteiger partial charge in [-0.1, -0.05) is 25.5 Å². The van der Waals surface area contributed by atoms with Crippen LogP contribution < -0.4 is 0 Å². The predicted octanol–water partition coefficient (Wildman–Crippen LogP) is 2.71. The zero-order valence-corrected chi connectivity index (χ0v) is 7.68. The fourth-order valence-corrected chi connectivity index (χ4v) is 2.68. The number of allylic oxidation sites excluding steroid dienone is 2. The monoisotopic (exact) mass is 164 g/mol. The van der Waals surface area contributed by atoms with Crippen LogP contribution in [0.1, 0.15) is 39.0 Å². The molecule has 2 saturated carbocycles. The van der Waals surface area contributed by atoms with Gasteiger partial charge in [-0.15, -0.1) is 0 Å². The summed E-state index contributed by atoms with van der Waals surface area (Å²) in [6, 6.07) is 0. The van der Waals surface area contributed by atoms with E-state index in [1.54, 1.807) is 0 Å². The van der Waals surface area contributed by atoms with Crippen LogP contribution in [-0.2, 0) is 4.79 Å². The zero-order valence-electron chi connectivity index (χ0n) is 7.68. The van der Waals surface area contributed by atoms with E-state index in [9.17, 15) is 4.79 Å². The van der Waals surface area contributed by atoms with Gasteiger partial charge >= 0.3 is 0 Å². The largest absolute Gasteiger partial charge is 0.299 e. The lowest BCUT2D eigenvalue weighted by Crippen LogP contribution is -2.44. The van der Waals surface area contributed by atoms with E-state index < -0.39 is 0 Å². The van der Waals surface area contributed by atoms with Crippen molar-refractivity contribution in [2.75, 3.05) is 0 Å². The molecule has 0 aromatic heterocycles. The van der Waals surface area contributed by atoms with E-state index in [1.807, 2.05) is 0 Å². The number of hydrogen-bond acceptors (Lipinski definition) is 1. The molecule has 2 aliphatic carbocycles. The summed E-state index contributed by atoms with van der Waals surface area (Å²) in [6.07, 6.45) is 9.92. The molecule has 2 rings (SSSR count). The summed E-state index contributed by atoms with van der Waals surface area (Å²) in [4.78, 5) is 11.5. The average molecular weight is 164 g/mol. The van der Waals surface area contributed by atoms with Gasteiger partial charge < -0.3 is 0 Å². The number of Topliss-reactive ketones (excluding diaryl/α,β-unsaturated/α-hetero) is 1. The second-order valence-electron chi connectivity index (χ2n) is 4.07. The molecule has 0 heterocycles. The van der Waals surface area contributed by atoms with Crippen molar-refractivity contribution < 1.29 is 4.79 Å². The third kappa shape index (κ3) is 0.886. The van der Waals surface area contributed by atoms with E-state index in [1.165, 1.54) is 12.8 Å². The van der Waals surface area contributed by atoms with Gasteiger partial charge in [-0.05, 0) is 25.2 Å². The molecule has 12 heavy (non-hydrogen) atoms. The van der Waals surface area contributed by atoms with E-state index in [4.69, 9.17) is 0 Å². The van der Waals surface area contributed by atoms with Crippen molar-refractivity contribution in [3.8, 4) is 0 Å². The van der Waals surface area contributed by atoms with Crippen molar-refractivity contribution in [3.63, 3.8) is 0 Å². The highest BCUT2D eigenvalue weighted by molar-refractivity contribution is 5.93. The van der Waals surface area contributed by atoms with Gasteiger partial charge in [-0.2, -0.15) is 0 Å². The number of carbonyl (C=O) groups excluding carboxylic acids is 1. The lowest BCUT2D eigenvalue weighted by atomic mass is 9.61. The molecule has 1 heteroatoms. The number of ketones is 1. The SMILES string of the molecule is CC/C=C/C12CCCC1CC2=O. The molecule has 0 radical (unpaired) electrons. The summed E-state index contributed by atoms with van der Waals surface area (Å²) in [7, 11) is 0. The van der Waals surface area contributed by atoms with E-state index in [0.29, 0.717) is 11.7 Å². The highest BCUT2D eigenvalue weighted by Gasteiger charge is 2.54. The molecule has 2 fully saturated rings. The second kappa shape index (κ2) is 2.72. The molecular formula is C11H16O. The maximum absolute atomic E-state index is 11.5. The van der Waals surface area contributed by atoms with Crippen LogP contribution in [0.2, 0.25) is 0 Å². The topological polar surface area (TPSA) is 17.1 Å². The summed E-state index contributed by atoms with van der Waals surface area (Å²) in [5.74, 6) is 1.20. The van der Waals surface area contributed by atoms with Crippen LogP contribution in [0.15, 0.2) is 12.2 Å². The Hall–Kier alpha value is -0.590. The quantitative estimate of drug-likeness (QED) is 0.573. The maximum atomic E-state index is 11.5. The van der Waals surface area contributed by atoms with Gasteiger partial charge in [-0.25, -0.2) is 0 Å². The first-order valence-electron chi connectivity index (χ1n) is 5.00. The van der Waals surface area contributed by atoms with Crippen molar-refractivity contribution in [2.45, 2.75) is 39.0 Å². The smallest absolute Gasteiger partial charge is 0.143 e. The molecule has 0 saturated heterocycles. The molecule has 1 nitrogen and oxygen atoms in total. The Morgan fingerprint density at radius 1 is 1.67 bits per heavy atom. The fourth-order valence-electron chi connectivity index (χ4n) is 2.68. The van der Waals surface area contributed by atoms with Crippen LogP contribution in [0.5, 0.6) is 0 Å². The van der Waals surface area contributed by atoms with Crippen LogP contribution in [0.3, 0.4) is 0 Å². The minimum Gasteiger partial charge on any atom is -0.299 e. The molecule has 0 aromatic rings. The lowest BCUT2D eigenvalue weighted by Gasteiger charge is -2.40. The normalized spacial score (nSPS) is 40.1. The Labute approximate surface area is 73.8 Å². The van der Waals surface area contributed by atoms with Crippen molar-refractivity contribution >= 4 is 5.78 Å². The first-order valence-corrected chi connectivity index (χ1v) is 5.00. The van der Waals surface area contributed by atoms with Crippen LogP contribution in [0, 0.1) is 11.3 Å². The molecular weight excluding hydrogens is 148 g/mol. The number of hydrogen-bond donors (Lipinski definition) is 0.